The summed E-state index contributed by atoms with van der Waals surface area (Å²) in [7, 11) is 0. The van der Waals surface area contributed by atoms with Crippen molar-refractivity contribution in [3.05, 3.63) is 0 Å². The minimum Gasteiger partial charge on any atom is -0.352 e. The van der Waals surface area contributed by atoms with E-state index in [1.807, 2.05) is 0 Å². The van der Waals surface area contributed by atoms with Crippen LogP contribution in [0.2, 0.25) is 0 Å². The SMILES string of the molecule is NNC(=O)C(=O)NCC1CCC(=O)N1. The first-order valence-electron chi connectivity index (χ1n) is 4.21. The fraction of sp³-hybridized carbons (Fsp3) is 0.571. The molecule has 1 aliphatic heterocycles. The molecule has 1 unspecified atom stereocenters. The first-order chi connectivity index (χ1) is 6.63. The Hall–Kier alpha value is -1.63. The van der Waals surface area contributed by atoms with Gasteiger partial charge in [0, 0.05) is 19.0 Å². The van der Waals surface area contributed by atoms with Crippen LogP contribution in [0.3, 0.4) is 0 Å². The van der Waals surface area contributed by atoms with Gasteiger partial charge in [-0.15, -0.1) is 0 Å². The Kier molecular flexibility index (Phi) is 3.41. The predicted octanol–water partition coefficient (Wildman–Crippen LogP) is -2.63. The van der Waals surface area contributed by atoms with Crippen LogP contribution in [0, 0.1) is 0 Å². The van der Waals surface area contributed by atoms with Crippen LogP contribution < -0.4 is 21.9 Å². The van der Waals surface area contributed by atoms with Crippen LogP contribution >= 0.6 is 0 Å². The van der Waals surface area contributed by atoms with Crippen molar-refractivity contribution in [1.82, 2.24) is 16.1 Å². The molecule has 1 rings (SSSR count). The number of carbonyl (C=O) groups is 3. The third-order valence-corrected chi connectivity index (χ3v) is 1.93. The average molecular weight is 200 g/mol. The van der Waals surface area contributed by atoms with E-state index in [1.165, 1.54) is 0 Å². The summed E-state index contributed by atoms with van der Waals surface area (Å²) in [6, 6.07) is -0.0861. The van der Waals surface area contributed by atoms with Crippen molar-refractivity contribution in [3.63, 3.8) is 0 Å². The van der Waals surface area contributed by atoms with Crippen LogP contribution in [0.25, 0.3) is 0 Å². The lowest BCUT2D eigenvalue weighted by Gasteiger charge is -2.10. The fourth-order valence-corrected chi connectivity index (χ4v) is 1.19. The molecule has 1 heterocycles. The molecule has 7 heteroatoms. The van der Waals surface area contributed by atoms with Crippen molar-refractivity contribution >= 4 is 17.7 Å². The summed E-state index contributed by atoms with van der Waals surface area (Å²) in [5.41, 5.74) is 1.71. The Morgan fingerprint density at radius 3 is 2.71 bits per heavy atom. The smallest absolute Gasteiger partial charge is 0.323 e. The van der Waals surface area contributed by atoms with Crippen LogP contribution in [0.4, 0.5) is 0 Å². The molecule has 1 fully saturated rings. The molecule has 0 spiro atoms. The Labute approximate surface area is 80.4 Å². The van der Waals surface area contributed by atoms with Crippen molar-refractivity contribution in [2.24, 2.45) is 5.84 Å². The van der Waals surface area contributed by atoms with E-state index in [0.717, 1.165) is 0 Å². The zero-order valence-corrected chi connectivity index (χ0v) is 7.50. The van der Waals surface area contributed by atoms with Gasteiger partial charge in [-0.3, -0.25) is 19.8 Å². The molecular weight excluding hydrogens is 188 g/mol. The summed E-state index contributed by atoms with van der Waals surface area (Å²) < 4.78 is 0. The maximum absolute atomic E-state index is 10.9. The van der Waals surface area contributed by atoms with E-state index < -0.39 is 11.8 Å². The van der Waals surface area contributed by atoms with E-state index in [1.54, 1.807) is 5.43 Å². The minimum absolute atomic E-state index is 0.0347. The second-order valence-electron chi connectivity index (χ2n) is 2.99. The number of nitrogens with one attached hydrogen (secondary N) is 3. The molecule has 0 aliphatic carbocycles. The molecular formula is C7H12N4O3. The molecule has 5 N–H and O–H groups in total. The van der Waals surface area contributed by atoms with Gasteiger partial charge >= 0.3 is 11.8 Å². The van der Waals surface area contributed by atoms with Crippen LogP contribution in [0.5, 0.6) is 0 Å². The van der Waals surface area contributed by atoms with Gasteiger partial charge < -0.3 is 10.6 Å². The summed E-state index contributed by atoms with van der Waals surface area (Å²) in [5, 5.41) is 5.00. The van der Waals surface area contributed by atoms with E-state index in [9.17, 15) is 14.4 Å². The van der Waals surface area contributed by atoms with Crippen molar-refractivity contribution in [1.29, 1.82) is 0 Å². The van der Waals surface area contributed by atoms with E-state index in [0.29, 0.717) is 12.8 Å². The first kappa shape index (κ1) is 10.5. The number of hydrogen-bond acceptors (Lipinski definition) is 4. The number of rotatable bonds is 2. The molecule has 1 atom stereocenters. The van der Waals surface area contributed by atoms with Crippen LogP contribution in [0.1, 0.15) is 12.8 Å². The topological polar surface area (TPSA) is 113 Å². The van der Waals surface area contributed by atoms with Gasteiger partial charge in [0.15, 0.2) is 0 Å². The monoisotopic (exact) mass is 200 g/mol. The summed E-state index contributed by atoms with van der Waals surface area (Å²) >= 11 is 0. The third kappa shape index (κ3) is 2.70. The van der Waals surface area contributed by atoms with Gasteiger partial charge in [-0.1, -0.05) is 0 Å². The fourth-order valence-electron chi connectivity index (χ4n) is 1.19. The zero-order valence-electron chi connectivity index (χ0n) is 7.50. The molecule has 0 radical (unpaired) electrons. The Morgan fingerprint density at radius 1 is 1.50 bits per heavy atom. The van der Waals surface area contributed by atoms with Crippen LogP contribution in [0.15, 0.2) is 0 Å². The second kappa shape index (κ2) is 4.56. The molecule has 78 valence electrons. The van der Waals surface area contributed by atoms with Gasteiger partial charge in [0.1, 0.15) is 0 Å². The zero-order chi connectivity index (χ0) is 10.6. The largest absolute Gasteiger partial charge is 0.352 e. The highest BCUT2D eigenvalue weighted by atomic mass is 16.2. The molecule has 0 aromatic heterocycles. The highest BCUT2D eigenvalue weighted by Crippen LogP contribution is 2.04. The maximum atomic E-state index is 10.9. The van der Waals surface area contributed by atoms with Crippen molar-refractivity contribution < 1.29 is 14.4 Å². The minimum atomic E-state index is -0.894. The average Bonchev–Trinajstić information content (AvgIpc) is 2.59. The first-order valence-corrected chi connectivity index (χ1v) is 4.21. The van der Waals surface area contributed by atoms with Gasteiger partial charge in [-0.05, 0) is 6.42 Å². The highest BCUT2D eigenvalue weighted by Gasteiger charge is 2.21. The molecule has 3 amide bonds. The Balaban J connectivity index is 2.24. The molecule has 14 heavy (non-hydrogen) atoms. The summed E-state index contributed by atoms with van der Waals surface area (Å²) in [5.74, 6) is 3.02. The van der Waals surface area contributed by atoms with Gasteiger partial charge in [-0.2, -0.15) is 0 Å². The number of hydrogen-bond donors (Lipinski definition) is 4. The summed E-state index contributed by atoms with van der Waals surface area (Å²) in [6.45, 7) is 0.248. The molecule has 7 nitrogen and oxygen atoms in total. The van der Waals surface area contributed by atoms with Crippen molar-refractivity contribution in [3.8, 4) is 0 Å². The van der Waals surface area contributed by atoms with Gasteiger partial charge in [0.2, 0.25) is 5.91 Å². The standard InChI is InChI=1S/C7H12N4O3/c8-11-7(14)6(13)9-3-4-1-2-5(12)10-4/h4H,1-3,8H2,(H,9,13)(H,10,12)(H,11,14). The lowest BCUT2D eigenvalue weighted by molar-refractivity contribution is -0.139. The van der Waals surface area contributed by atoms with E-state index in [-0.39, 0.29) is 18.5 Å². The molecule has 0 aromatic rings. The summed E-state index contributed by atoms with van der Waals surface area (Å²) in [6.07, 6.45) is 1.13. The number of hydrazine groups is 1. The molecule has 0 saturated carbocycles. The third-order valence-electron chi connectivity index (χ3n) is 1.93. The lowest BCUT2D eigenvalue weighted by Crippen LogP contribution is -2.46. The van der Waals surface area contributed by atoms with E-state index in [4.69, 9.17) is 5.84 Å². The summed E-state index contributed by atoms with van der Waals surface area (Å²) in [4.78, 5) is 32.3. The quantitative estimate of drug-likeness (QED) is 0.169. The normalized spacial score (nSPS) is 20.1. The van der Waals surface area contributed by atoms with Gasteiger partial charge in [0.05, 0.1) is 0 Å². The van der Waals surface area contributed by atoms with Crippen LogP contribution in [-0.2, 0) is 14.4 Å². The number of carbonyl (C=O) groups excluding carboxylic acids is 3. The van der Waals surface area contributed by atoms with Crippen LogP contribution in [-0.4, -0.2) is 30.3 Å². The molecule has 1 aliphatic rings. The lowest BCUT2D eigenvalue weighted by atomic mass is 10.2. The Morgan fingerprint density at radius 2 is 2.21 bits per heavy atom. The predicted molar refractivity (Wildman–Crippen MR) is 46.5 cm³/mol. The molecule has 0 aromatic carbocycles. The van der Waals surface area contributed by atoms with Gasteiger partial charge in [-0.25, -0.2) is 5.84 Å². The number of amides is 3. The molecule has 0 bridgehead atoms. The Bertz CT molecular complexity index is 266. The maximum Gasteiger partial charge on any atom is 0.323 e. The number of nitrogens with two attached hydrogens (primary N) is 1. The van der Waals surface area contributed by atoms with E-state index in [2.05, 4.69) is 10.6 Å². The highest BCUT2D eigenvalue weighted by molar-refractivity contribution is 6.34. The van der Waals surface area contributed by atoms with Gasteiger partial charge in [0.25, 0.3) is 0 Å². The van der Waals surface area contributed by atoms with Crippen molar-refractivity contribution in [2.75, 3.05) is 6.54 Å². The molecule has 1 saturated heterocycles. The second-order valence-corrected chi connectivity index (χ2v) is 2.99. The van der Waals surface area contributed by atoms with Crippen molar-refractivity contribution in [2.45, 2.75) is 18.9 Å². The van der Waals surface area contributed by atoms with E-state index >= 15 is 0 Å².